The zero-order chi connectivity index (χ0) is 12.2. The topological polar surface area (TPSA) is 170 Å². The summed E-state index contributed by atoms with van der Waals surface area (Å²) in [5.41, 5.74) is 0. The van der Waals surface area contributed by atoms with Gasteiger partial charge >= 0.3 is 0 Å². The van der Waals surface area contributed by atoms with Crippen LogP contribution in [0.4, 0.5) is 0 Å². The Kier molecular flexibility index (Phi) is 18.1. The summed E-state index contributed by atoms with van der Waals surface area (Å²) in [4.78, 5) is 0. The van der Waals surface area contributed by atoms with Gasteiger partial charge in [-0.3, -0.25) is 0 Å². The van der Waals surface area contributed by atoms with Crippen LogP contribution in [0.1, 0.15) is 6.92 Å². The molecule has 0 aliphatic rings. The Labute approximate surface area is 83.0 Å². The highest BCUT2D eigenvalue weighted by Crippen LogP contribution is 1.71. The van der Waals surface area contributed by atoms with Crippen LogP contribution in [0.5, 0.6) is 0 Å². The van der Waals surface area contributed by atoms with Gasteiger partial charge in [-0.15, -0.1) is 0 Å². The molecule has 0 spiro atoms. The maximum absolute atomic E-state index is 8.60. The lowest BCUT2D eigenvalue weighted by atomic mass is 10.4. The number of halogens is 1. The van der Waals surface area contributed by atoms with E-state index in [1.165, 1.54) is 0 Å². The molecule has 0 aliphatic carbocycles. The first-order valence-corrected chi connectivity index (χ1v) is 4.63. The van der Waals surface area contributed by atoms with Crippen molar-refractivity contribution < 1.29 is 49.3 Å². The fourth-order valence-corrected chi connectivity index (χ4v) is 0.0577. The van der Waals surface area contributed by atoms with Crippen molar-refractivity contribution in [2.45, 2.75) is 13.0 Å². The summed E-state index contributed by atoms with van der Waals surface area (Å²) < 4.78 is 32.7. The van der Waals surface area contributed by atoms with Crippen molar-refractivity contribution >= 4 is 0 Å². The Balaban J connectivity index is -0.000000138. The predicted molar refractivity (Wildman–Crippen MR) is 35.2 cm³/mol. The van der Waals surface area contributed by atoms with E-state index in [1.807, 2.05) is 0 Å². The third-order valence-corrected chi connectivity index (χ3v) is 0.421. The van der Waals surface area contributed by atoms with E-state index in [1.54, 1.807) is 6.92 Å². The minimum Gasteiger partial charge on any atom is -0.397 e. The van der Waals surface area contributed by atoms with Gasteiger partial charge < -0.3 is 20.4 Å². The van der Waals surface area contributed by atoms with Crippen molar-refractivity contribution in [1.82, 2.24) is 0 Å². The van der Waals surface area contributed by atoms with E-state index >= 15 is 0 Å². The molecular formula is C5H15ClO8. The number of aliphatic hydroxyl groups excluding tert-OH is 4. The van der Waals surface area contributed by atoms with Gasteiger partial charge in [0.05, 0.1) is 28.1 Å². The molecule has 0 heterocycles. The summed E-state index contributed by atoms with van der Waals surface area (Å²) in [5.74, 6) is 0. The van der Waals surface area contributed by atoms with Gasteiger partial charge in [-0.2, -0.15) is 14.0 Å². The van der Waals surface area contributed by atoms with Gasteiger partial charge in [0.1, 0.15) is 6.10 Å². The van der Waals surface area contributed by atoms with Crippen molar-refractivity contribution in [1.29, 1.82) is 0 Å². The van der Waals surface area contributed by atoms with E-state index in [0.29, 0.717) is 0 Å². The van der Waals surface area contributed by atoms with Crippen molar-refractivity contribution in [2.75, 3.05) is 19.8 Å². The summed E-state index contributed by atoms with van der Waals surface area (Å²) in [6.45, 7) is 1.20. The first kappa shape index (κ1) is 19.5. The first-order valence-electron chi connectivity index (χ1n) is 3.36. The van der Waals surface area contributed by atoms with E-state index < -0.39 is 16.3 Å². The van der Waals surface area contributed by atoms with Crippen LogP contribution in [0.25, 0.3) is 0 Å². The molecule has 0 unspecified atom stereocenters. The Hall–Kier alpha value is -0.0300. The van der Waals surface area contributed by atoms with Crippen molar-refractivity contribution in [2.24, 2.45) is 0 Å². The molecule has 0 aliphatic heterocycles. The monoisotopic (exact) mass is 238 g/mol. The number of hydrogen-bond donors (Lipinski definition) is 5. The van der Waals surface area contributed by atoms with E-state index in [9.17, 15) is 0 Å². The predicted octanol–water partition coefficient (Wildman–Crippen LogP) is -5.79. The van der Waals surface area contributed by atoms with Crippen molar-refractivity contribution in [3.8, 4) is 0 Å². The highest BCUT2D eigenvalue weighted by molar-refractivity contribution is 4.43. The van der Waals surface area contributed by atoms with Crippen LogP contribution in [0, 0.1) is 10.2 Å². The highest BCUT2D eigenvalue weighted by atomic mass is 35.7. The minimum absolute atomic E-state index is 0.250. The number of rotatable bonds is 2. The second kappa shape index (κ2) is 13.0. The molecule has 0 saturated heterocycles. The Bertz CT molecular complexity index is 84.2. The molecule has 0 radical (unpaired) electrons. The molecule has 0 saturated carbocycles. The van der Waals surface area contributed by atoms with E-state index in [4.69, 9.17) is 39.1 Å². The van der Waals surface area contributed by atoms with Gasteiger partial charge in [0.25, 0.3) is 0 Å². The SMILES string of the molecule is CCO.OCC(O)CO.[O-][Cl+3]([O-])([O-])O. The van der Waals surface area contributed by atoms with Gasteiger partial charge in [0, 0.05) is 6.61 Å². The average Bonchev–Trinajstić information content (AvgIpc) is 2.01. The second-order valence-electron chi connectivity index (χ2n) is 1.73. The van der Waals surface area contributed by atoms with Crippen LogP contribution < -0.4 is 14.0 Å². The van der Waals surface area contributed by atoms with E-state index in [0.717, 1.165) is 0 Å². The third-order valence-electron chi connectivity index (χ3n) is 0.421. The zero-order valence-corrected chi connectivity index (χ0v) is 8.29. The smallest absolute Gasteiger partial charge is 0.100 e. The molecule has 0 aromatic carbocycles. The number of aliphatic hydroxyl groups is 4. The molecule has 0 aromatic heterocycles. The van der Waals surface area contributed by atoms with E-state index in [2.05, 4.69) is 0 Å². The van der Waals surface area contributed by atoms with Crippen molar-refractivity contribution in [3.63, 3.8) is 0 Å². The van der Waals surface area contributed by atoms with Crippen molar-refractivity contribution in [3.05, 3.63) is 0 Å². The molecule has 14 heavy (non-hydrogen) atoms. The Morgan fingerprint density at radius 3 is 1.21 bits per heavy atom. The lowest BCUT2D eigenvalue weighted by Gasteiger charge is -2.03. The van der Waals surface area contributed by atoms with Gasteiger partial charge in [-0.1, -0.05) is 0 Å². The lowest BCUT2D eigenvalue weighted by molar-refractivity contribution is -1.92. The third kappa shape index (κ3) is 91.4. The van der Waals surface area contributed by atoms with Crippen LogP contribution in [0.15, 0.2) is 0 Å². The van der Waals surface area contributed by atoms with Gasteiger partial charge in [-0.05, 0) is 6.92 Å². The van der Waals surface area contributed by atoms with Crippen LogP contribution in [0.2, 0.25) is 0 Å². The minimum atomic E-state index is -4.69. The molecule has 9 heteroatoms. The lowest BCUT2D eigenvalue weighted by Crippen LogP contribution is -2.58. The summed E-state index contributed by atoms with van der Waals surface area (Å²) in [7, 11) is -4.69. The molecule has 0 rings (SSSR count). The van der Waals surface area contributed by atoms with Gasteiger partial charge in [0.15, 0.2) is 0 Å². The molecule has 8 nitrogen and oxygen atoms in total. The quantitative estimate of drug-likeness (QED) is 0.317. The molecule has 90 valence electrons. The molecule has 0 bridgehead atoms. The number of hydrogen-bond acceptors (Lipinski definition) is 8. The molecule has 0 atom stereocenters. The maximum atomic E-state index is 8.60. The average molecular weight is 239 g/mol. The highest BCUT2D eigenvalue weighted by Gasteiger charge is 1.98. The molecule has 0 amide bonds. The summed E-state index contributed by atoms with van der Waals surface area (Å²) in [5, 5.41) is 31.6. The maximum Gasteiger partial charge on any atom is 0.100 e. The largest absolute Gasteiger partial charge is 0.397 e. The molecule has 5 N–H and O–H groups in total. The molecular weight excluding hydrogens is 223 g/mol. The first-order chi connectivity index (χ1) is 6.22. The standard InChI is InChI=1S/C3H8O3.C2H6O.ClHO4/c4-1-3(6)2-5;1-2-3;2-1(3,4)5/h3-6H,1-2H2;3H,2H2,1H3;(H,2,3,4,5). The molecule has 0 aromatic rings. The molecule has 0 fully saturated rings. The summed E-state index contributed by atoms with van der Waals surface area (Å²) in [6, 6.07) is 0. The van der Waals surface area contributed by atoms with Crippen LogP contribution in [-0.4, -0.2) is 51.0 Å². The fraction of sp³-hybridized carbons (Fsp3) is 1.00. The Morgan fingerprint density at radius 1 is 1.07 bits per heavy atom. The normalized spacial score (nSPS) is 9.86. The summed E-state index contributed by atoms with van der Waals surface area (Å²) in [6.07, 6.45) is -0.954. The van der Waals surface area contributed by atoms with Crippen LogP contribution in [-0.2, 0) is 0 Å². The van der Waals surface area contributed by atoms with Gasteiger partial charge in [0.2, 0.25) is 0 Å². The van der Waals surface area contributed by atoms with Crippen LogP contribution >= 0.6 is 0 Å². The summed E-state index contributed by atoms with van der Waals surface area (Å²) >= 11 is 0. The Morgan fingerprint density at radius 2 is 1.21 bits per heavy atom. The van der Waals surface area contributed by atoms with Gasteiger partial charge in [-0.25, -0.2) is 0 Å². The van der Waals surface area contributed by atoms with Crippen LogP contribution in [0.3, 0.4) is 0 Å². The van der Waals surface area contributed by atoms with E-state index in [-0.39, 0.29) is 19.8 Å². The fourth-order valence-electron chi connectivity index (χ4n) is 0.0577. The second-order valence-corrected chi connectivity index (χ2v) is 2.52. The zero-order valence-electron chi connectivity index (χ0n) is 7.54.